The van der Waals surface area contributed by atoms with E-state index in [2.05, 4.69) is 41.7 Å². The minimum absolute atomic E-state index is 0.643. The van der Waals surface area contributed by atoms with Crippen molar-refractivity contribution in [3.05, 3.63) is 28.2 Å². The molecule has 3 heteroatoms. The molecule has 2 nitrogen and oxygen atoms in total. The maximum atomic E-state index is 4.51. The molecule has 2 aliphatic rings. The fraction of sp³-hybridized carbons (Fsp3) is 0.667. The summed E-state index contributed by atoms with van der Waals surface area (Å²) in [5.41, 5.74) is 1.24. The second kappa shape index (κ2) is 5.14. The lowest BCUT2D eigenvalue weighted by molar-refractivity contribution is 0.329. The Morgan fingerprint density at radius 2 is 2.33 bits per heavy atom. The number of thiazole rings is 1. The van der Waals surface area contributed by atoms with Crippen LogP contribution in [0, 0.1) is 24.7 Å². The van der Waals surface area contributed by atoms with Gasteiger partial charge in [-0.15, -0.1) is 11.3 Å². The number of hydrogen-bond acceptors (Lipinski definition) is 3. The highest BCUT2D eigenvalue weighted by Gasteiger charge is 2.38. The van der Waals surface area contributed by atoms with Crippen LogP contribution >= 0.6 is 11.3 Å². The summed E-state index contributed by atoms with van der Waals surface area (Å²) < 4.78 is 0. The molecule has 1 heterocycles. The fourth-order valence-corrected chi connectivity index (χ4v) is 4.15. The Morgan fingerprint density at radius 3 is 2.94 bits per heavy atom. The van der Waals surface area contributed by atoms with Gasteiger partial charge in [0.15, 0.2) is 0 Å². The topological polar surface area (TPSA) is 24.9 Å². The third kappa shape index (κ3) is 2.52. The summed E-state index contributed by atoms with van der Waals surface area (Å²) in [5, 5.41) is 7.06. The molecule has 1 saturated carbocycles. The zero-order chi connectivity index (χ0) is 12.5. The fourth-order valence-electron chi connectivity index (χ4n) is 3.50. The maximum absolute atomic E-state index is 4.51. The summed E-state index contributed by atoms with van der Waals surface area (Å²) in [4.78, 5) is 4.51. The molecule has 0 saturated heterocycles. The SMILES string of the molecule is Cc1nc(CCNC(C)C2CC3C=CC2C3)cs1. The molecule has 0 aliphatic heterocycles. The van der Waals surface area contributed by atoms with Gasteiger partial charge in [-0.05, 0) is 44.4 Å². The Bertz CT molecular complexity index is 437. The summed E-state index contributed by atoms with van der Waals surface area (Å²) in [7, 11) is 0. The second-order valence-electron chi connectivity index (χ2n) is 5.79. The van der Waals surface area contributed by atoms with Crippen LogP contribution in [0.15, 0.2) is 17.5 Å². The summed E-state index contributed by atoms with van der Waals surface area (Å²) in [6, 6.07) is 0.643. The van der Waals surface area contributed by atoms with Crippen LogP contribution in [0.4, 0.5) is 0 Å². The zero-order valence-electron chi connectivity index (χ0n) is 11.2. The van der Waals surface area contributed by atoms with E-state index in [4.69, 9.17) is 0 Å². The average molecular weight is 262 g/mol. The zero-order valence-corrected chi connectivity index (χ0v) is 12.0. The van der Waals surface area contributed by atoms with E-state index in [0.29, 0.717) is 6.04 Å². The van der Waals surface area contributed by atoms with Gasteiger partial charge in [0.1, 0.15) is 0 Å². The van der Waals surface area contributed by atoms with Crippen molar-refractivity contribution in [3.8, 4) is 0 Å². The number of aromatic nitrogens is 1. The Kier molecular flexibility index (Phi) is 3.53. The molecule has 2 bridgehead atoms. The van der Waals surface area contributed by atoms with E-state index < -0.39 is 0 Å². The molecule has 0 amide bonds. The number of fused-ring (bicyclic) bond motifs is 2. The first kappa shape index (κ1) is 12.4. The monoisotopic (exact) mass is 262 g/mol. The minimum Gasteiger partial charge on any atom is -0.314 e. The van der Waals surface area contributed by atoms with Crippen molar-refractivity contribution in [3.63, 3.8) is 0 Å². The molecule has 18 heavy (non-hydrogen) atoms. The summed E-state index contributed by atoms with van der Waals surface area (Å²) in [6.45, 7) is 5.49. The highest BCUT2D eigenvalue weighted by atomic mass is 32.1. The Labute approximate surface area is 114 Å². The van der Waals surface area contributed by atoms with Gasteiger partial charge in [0.05, 0.1) is 10.7 Å². The van der Waals surface area contributed by atoms with E-state index in [1.807, 2.05) is 0 Å². The third-order valence-corrected chi connectivity index (χ3v) is 5.31. The molecule has 0 spiro atoms. The molecule has 1 aromatic heterocycles. The van der Waals surface area contributed by atoms with Gasteiger partial charge >= 0.3 is 0 Å². The lowest BCUT2D eigenvalue weighted by Gasteiger charge is -2.26. The molecule has 2 aliphatic carbocycles. The lowest BCUT2D eigenvalue weighted by atomic mass is 9.87. The molecule has 98 valence electrons. The van der Waals surface area contributed by atoms with E-state index in [0.717, 1.165) is 30.7 Å². The number of aryl methyl sites for hydroxylation is 1. The van der Waals surface area contributed by atoms with Gasteiger partial charge in [0.2, 0.25) is 0 Å². The van der Waals surface area contributed by atoms with Crippen LogP contribution in [0.1, 0.15) is 30.5 Å². The molecule has 1 N–H and O–H groups in total. The van der Waals surface area contributed by atoms with Gasteiger partial charge < -0.3 is 5.32 Å². The van der Waals surface area contributed by atoms with Crippen LogP contribution in [-0.4, -0.2) is 17.6 Å². The molecule has 4 unspecified atom stereocenters. The van der Waals surface area contributed by atoms with E-state index in [1.165, 1.54) is 23.5 Å². The Hall–Kier alpha value is -0.670. The predicted octanol–water partition coefficient (Wildman–Crippen LogP) is 3.18. The second-order valence-corrected chi connectivity index (χ2v) is 6.86. The van der Waals surface area contributed by atoms with Crippen molar-refractivity contribution in [2.24, 2.45) is 17.8 Å². The van der Waals surface area contributed by atoms with Gasteiger partial charge in [-0.25, -0.2) is 4.98 Å². The maximum Gasteiger partial charge on any atom is 0.0897 e. The number of rotatable bonds is 5. The number of allylic oxidation sites excluding steroid dienone is 2. The van der Waals surface area contributed by atoms with Crippen molar-refractivity contribution in [2.45, 2.75) is 39.2 Å². The summed E-state index contributed by atoms with van der Waals surface area (Å²) in [6.07, 6.45) is 8.73. The van der Waals surface area contributed by atoms with Crippen molar-refractivity contribution in [2.75, 3.05) is 6.54 Å². The Morgan fingerprint density at radius 1 is 1.44 bits per heavy atom. The number of hydrogen-bond donors (Lipinski definition) is 1. The van der Waals surface area contributed by atoms with Gasteiger partial charge in [0, 0.05) is 24.4 Å². The normalized spacial score (nSPS) is 31.1. The van der Waals surface area contributed by atoms with Crippen molar-refractivity contribution < 1.29 is 0 Å². The largest absolute Gasteiger partial charge is 0.314 e. The van der Waals surface area contributed by atoms with E-state index in [1.54, 1.807) is 11.3 Å². The third-order valence-electron chi connectivity index (χ3n) is 4.49. The van der Waals surface area contributed by atoms with E-state index >= 15 is 0 Å². The lowest BCUT2D eigenvalue weighted by Crippen LogP contribution is -2.36. The molecular weight excluding hydrogens is 240 g/mol. The molecule has 0 aromatic carbocycles. The van der Waals surface area contributed by atoms with Crippen LogP contribution in [-0.2, 0) is 6.42 Å². The summed E-state index contributed by atoms with van der Waals surface area (Å²) in [5.74, 6) is 2.58. The standard InChI is InChI=1S/C15H22N2S/c1-10(15-8-12-3-4-13(15)7-12)16-6-5-14-9-18-11(2)17-14/h3-4,9-10,12-13,15-16H,5-8H2,1-2H3. The first-order valence-electron chi connectivity index (χ1n) is 7.05. The van der Waals surface area contributed by atoms with Crippen LogP contribution in [0.2, 0.25) is 0 Å². The van der Waals surface area contributed by atoms with Crippen molar-refractivity contribution in [1.29, 1.82) is 0 Å². The first-order valence-corrected chi connectivity index (χ1v) is 7.93. The average Bonchev–Trinajstić information content (AvgIpc) is 3.05. The minimum atomic E-state index is 0.643. The molecule has 0 radical (unpaired) electrons. The van der Waals surface area contributed by atoms with Crippen molar-refractivity contribution in [1.82, 2.24) is 10.3 Å². The van der Waals surface area contributed by atoms with Crippen LogP contribution in [0.25, 0.3) is 0 Å². The highest BCUT2D eigenvalue weighted by Crippen LogP contribution is 2.44. The number of nitrogens with zero attached hydrogens (tertiary/aromatic N) is 1. The quantitative estimate of drug-likeness (QED) is 0.824. The van der Waals surface area contributed by atoms with E-state index in [-0.39, 0.29) is 0 Å². The van der Waals surface area contributed by atoms with Gasteiger partial charge in [-0.3, -0.25) is 0 Å². The van der Waals surface area contributed by atoms with Crippen LogP contribution < -0.4 is 5.32 Å². The first-order chi connectivity index (χ1) is 8.72. The number of nitrogens with one attached hydrogen (secondary N) is 1. The molecule has 1 fully saturated rings. The van der Waals surface area contributed by atoms with Crippen LogP contribution in [0.5, 0.6) is 0 Å². The molecule has 1 aromatic rings. The summed E-state index contributed by atoms with van der Waals surface area (Å²) >= 11 is 1.75. The van der Waals surface area contributed by atoms with Crippen LogP contribution in [0.3, 0.4) is 0 Å². The highest BCUT2D eigenvalue weighted by molar-refractivity contribution is 7.09. The molecule has 3 rings (SSSR count). The molecular formula is C15H22N2S. The molecule has 4 atom stereocenters. The van der Waals surface area contributed by atoms with E-state index in [9.17, 15) is 0 Å². The smallest absolute Gasteiger partial charge is 0.0897 e. The Balaban J connectivity index is 1.44. The van der Waals surface area contributed by atoms with Gasteiger partial charge in [0.25, 0.3) is 0 Å². The van der Waals surface area contributed by atoms with Gasteiger partial charge in [-0.1, -0.05) is 12.2 Å². The predicted molar refractivity (Wildman–Crippen MR) is 76.9 cm³/mol. The van der Waals surface area contributed by atoms with Crippen molar-refractivity contribution >= 4 is 11.3 Å². The van der Waals surface area contributed by atoms with Gasteiger partial charge in [-0.2, -0.15) is 0 Å².